The summed E-state index contributed by atoms with van der Waals surface area (Å²) in [5.41, 5.74) is 5.41. The number of hydrogen-bond acceptors (Lipinski definition) is 8. The molecule has 0 aromatic heterocycles. The largest absolute Gasteiger partial charge is 0.472 e. The normalized spacial score (nSPS) is 13.7. The molecule has 0 aromatic rings. The Morgan fingerprint density at radius 1 is 0.326 bits per heavy atom. The number of unbranched alkanes of at least 4 members (excludes halogenated alkanes) is 36. The number of carbonyl (C=O) groups excluding carboxylic acids is 2. The van der Waals surface area contributed by atoms with Gasteiger partial charge in [-0.1, -0.05) is 378 Å². The average Bonchev–Trinajstić information content (AvgIpc) is 2.75. The number of allylic oxidation sites excluding steroid dienone is 24. The highest BCUT2D eigenvalue weighted by Gasteiger charge is 2.26. The molecule has 0 aliphatic rings. The minimum atomic E-state index is -4.41. The van der Waals surface area contributed by atoms with Crippen molar-refractivity contribution in [1.29, 1.82) is 0 Å². The van der Waals surface area contributed by atoms with Gasteiger partial charge in [-0.2, -0.15) is 0 Å². The summed E-state index contributed by atoms with van der Waals surface area (Å²) in [6.45, 7) is 3.63. The molecule has 0 spiro atoms. The fourth-order valence-corrected chi connectivity index (χ4v) is 11.7. The summed E-state index contributed by atoms with van der Waals surface area (Å²) in [4.78, 5) is 35.4. The smallest absolute Gasteiger partial charge is 0.462 e. The van der Waals surface area contributed by atoms with Crippen molar-refractivity contribution in [3.05, 3.63) is 146 Å². The maximum atomic E-state index is 12.8. The fraction of sp³-hybridized carbons (Fsp3) is 0.694. The van der Waals surface area contributed by atoms with Gasteiger partial charge in [0.05, 0.1) is 13.2 Å². The molecule has 0 saturated carbocycles. The zero-order valence-electron chi connectivity index (χ0n) is 61.4. The molecule has 0 aliphatic heterocycles. The van der Waals surface area contributed by atoms with Gasteiger partial charge in [-0.05, 0) is 103 Å². The van der Waals surface area contributed by atoms with Crippen molar-refractivity contribution in [3.8, 4) is 0 Å². The Kier molecular flexibility index (Phi) is 75.5. The highest BCUT2D eigenvalue weighted by Crippen LogP contribution is 2.43. The molecule has 0 amide bonds. The van der Waals surface area contributed by atoms with E-state index in [1.165, 1.54) is 193 Å². The molecule has 0 fully saturated rings. The lowest BCUT2D eigenvalue weighted by atomic mass is 10.0. The number of rotatable bonds is 73. The van der Waals surface area contributed by atoms with E-state index >= 15 is 0 Å². The molecular formula is C85H146NO8P. The zero-order valence-corrected chi connectivity index (χ0v) is 62.3. The second-order valence-electron chi connectivity index (χ2n) is 25.9. The Hall–Kier alpha value is -4.11. The van der Waals surface area contributed by atoms with Crippen molar-refractivity contribution in [2.24, 2.45) is 5.73 Å². The van der Waals surface area contributed by atoms with Crippen molar-refractivity contribution in [2.45, 2.75) is 354 Å². The maximum Gasteiger partial charge on any atom is 0.472 e. The van der Waals surface area contributed by atoms with Crippen LogP contribution in [-0.4, -0.2) is 49.3 Å². The van der Waals surface area contributed by atoms with Gasteiger partial charge >= 0.3 is 19.8 Å². The van der Waals surface area contributed by atoms with Gasteiger partial charge < -0.3 is 20.1 Å². The predicted octanol–water partition coefficient (Wildman–Crippen LogP) is 26.5. The van der Waals surface area contributed by atoms with E-state index < -0.39 is 26.5 Å². The second-order valence-corrected chi connectivity index (χ2v) is 27.3. The van der Waals surface area contributed by atoms with Crippen LogP contribution in [0.5, 0.6) is 0 Å². The number of phosphoric ester groups is 1. The zero-order chi connectivity index (χ0) is 68.6. The van der Waals surface area contributed by atoms with Crippen LogP contribution in [0.15, 0.2) is 146 Å². The Bertz CT molecular complexity index is 2080. The number of carbonyl (C=O) groups is 2. The van der Waals surface area contributed by atoms with Crippen LogP contribution in [0.1, 0.15) is 348 Å². The molecule has 0 radical (unpaired) electrons. The Balaban J connectivity index is 3.94. The summed E-state index contributed by atoms with van der Waals surface area (Å²) in [5, 5.41) is 0. The van der Waals surface area contributed by atoms with Crippen LogP contribution >= 0.6 is 7.82 Å². The van der Waals surface area contributed by atoms with E-state index in [0.717, 1.165) is 122 Å². The molecule has 9 nitrogen and oxygen atoms in total. The molecule has 0 rings (SSSR count). The highest BCUT2D eigenvalue weighted by molar-refractivity contribution is 7.47. The molecule has 0 bridgehead atoms. The predicted molar refractivity (Wildman–Crippen MR) is 413 cm³/mol. The van der Waals surface area contributed by atoms with Crippen LogP contribution in [0, 0.1) is 0 Å². The first-order valence-corrected chi connectivity index (χ1v) is 40.8. The topological polar surface area (TPSA) is 134 Å². The third kappa shape index (κ3) is 78.8. The molecule has 0 aromatic carbocycles. The Labute approximate surface area is 586 Å². The molecule has 3 N–H and O–H groups in total. The number of ether oxygens (including phenoxy) is 2. The molecule has 0 heterocycles. The van der Waals surface area contributed by atoms with Crippen LogP contribution in [0.2, 0.25) is 0 Å². The van der Waals surface area contributed by atoms with Crippen LogP contribution in [-0.2, 0) is 32.7 Å². The van der Waals surface area contributed by atoms with Gasteiger partial charge in [-0.3, -0.25) is 18.6 Å². The molecular weight excluding hydrogens is 1190 g/mol. The first kappa shape index (κ1) is 90.9. The van der Waals surface area contributed by atoms with Gasteiger partial charge in [0.25, 0.3) is 0 Å². The van der Waals surface area contributed by atoms with Crippen molar-refractivity contribution in [2.75, 3.05) is 26.4 Å². The Morgan fingerprint density at radius 2 is 0.579 bits per heavy atom. The summed E-state index contributed by atoms with van der Waals surface area (Å²) < 4.78 is 33.2. The first-order chi connectivity index (χ1) is 46.8. The van der Waals surface area contributed by atoms with E-state index in [1.54, 1.807) is 0 Å². The monoisotopic (exact) mass is 1340 g/mol. The van der Waals surface area contributed by atoms with Crippen LogP contribution in [0.3, 0.4) is 0 Å². The minimum Gasteiger partial charge on any atom is -0.462 e. The van der Waals surface area contributed by atoms with E-state index in [-0.39, 0.29) is 38.6 Å². The lowest BCUT2D eigenvalue weighted by Gasteiger charge is -2.19. The van der Waals surface area contributed by atoms with E-state index in [9.17, 15) is 19.0 Å². The number of esters is 2. The van der Waals surface area contributed by atoms with Gasteiger partial charge in [0, 0.05) is 19.4 Å². The molecule has 2 atom stereocenters. The van der Waals surface area contributed by atoms with Crippen LogP contribution in [0.4, 0.5) is 0 Å². The maximum absolute atomic E-state index is 12.8. The summed E-state index contributed by atoms with van der Waals surface area (Å²) >= 11 is 0. The third-order valence-corrected chi connectivity index (χ3v) is 17.7. The fourth-order valence-electron chi connectivity index (χ4n) is 11.0. The third-order valence-electron chi connectivity index (χ3n) is 16.7. The van der Waals surface area contributed by atoms with E-state index in [2.05, 4.69) is 160 Å². The van der Waals surface area contributed by atoms with Gasteiger partial charge in [0.1, 0.15) is 6.61 Å². The standard InChI is InChI=1S/C85H146NO8P/c1-3-5-7-9-11-13-15-17-19-21-23-25-27-29-31-33-35-37-38-39-40-41-42-43-44-46-48-50-52-54-56-58-60-62-64-66-68-70-72-74-76-78-85(88)94-83(82-93-95(89,90)92-80-79-86)81-91-84(87)77-75-73-71-69-67-65-63-61-59-57-55-53-51-49-47-45-36-34-32-30-28-26-24-22-20-18-16-14-12-10-8-6-4-2/h5,7,11,13,17,19,23,25,29,31,35,37,39-40,42-43,46,48,52,54,58,60,64,66,83H,3-4,6,8-10,12,14-16,18,20-22,24,26-28,30,32-34,36,38,41,44-45,47,49-51,53,55-57,59,61-63,65,67-82,86H2,1-2H3,(H,89,90)/b7-5-,13-11-,19-17-,25-23-,31-29-,37-35-,40-39-,43-42-,48-46-,54-52-,60-58-,66-64-. The molecule has 0 saturated heterocycles. The van der Waals surface area contributed by atoms with E-state index in [0.29, 0.717) is 6.42 Å². The second kappa shape index (κ2) is 78.9. The van der Waals surface area contributed by atoms with Crippen molar-refractivity contribution in [3.63, 3.8) is 0 Å². The lowest BCUT2D eigenvalue weighted by Crippen LogP contribution is -2.29. The molecule has 544 valence electrons. The van der Waals surface area contributed by atoms with Gasteiger partial charge in [0.2, 0.25) is 0 Å². The summed E-state index contributed by atoms with van der Waals surface area (Å²) in [5.74, 6) is -0.853. The average molecular weight is 1340 g/mol. The van der Waals surface area contributed by atoms with E-state index in [4.69, 9.17) is 24.3 Å². The van der Waals surface area contributed by atoms with Crippen molar-refractivity contribution >= 4 is 19.8 Å². The van der Waals surface area contributed by atoms with Gasteiger partial charge in [0.15, 0.2) is 6.10 Å². The SMILES string of the molecule is CC/C=C\C/C=C\C/C=C\C/C=C\C/C=C\C/C=C\C/C=C\C/C=C\C/C=C\C/C=C\C/C=C\C/C=C\CCCCCCC(=O)OC(COC(=O)CCCCCCCCCCCCCCCCCCCCCCCCCCCCCCCCCCC)COP(=O)(O)OCCN. The first-order valence-electron chi connectivity index (χ1n) is 39.3. The molecule has 0 aliphatic carbocycles. The number of hydrogen-bond donors (Lipinski definition) is 2. The molecule has 10 heteroatoms. The molecule has 95 heavy (non-hydrogen) atoms. The quantitative estimate of drug-likeness (QED) is 0.0264. The number of phosphoric acid groups is 1. The number of nitrogens with two attached hydrogens (primary N) is 1. The van der Waals surface area contributed by atoms with Crippen molar-refractivity contribution in [1.82, 2.24) is 0 Å². The summed E-state index contributed by atoms with van der Waals surface area (Å²) in [6.07, 6.45) is 114. The molecule has 2 unspecified atom stereocenters. The minimum absolute atomic E-state index is 0.0434. The highest BCUT2D eigenvalue weighted by atomic mass is 31.2. The lowest BCUT2D eigenvalue weighted by molar-refractivity contribution is -0.161. The summed E-state index contributed by atoms with van der Waals surface area (Å²) in [6, 6.07) is 0. The van der Waals surface area contributed by atoms with Gasteiger partial charge in [-0.25, -0.2) is 4.57 Å². The Morgan fingerprint density at radius 3 is 0.863 bits per heavy atom. The summed E-state index contributed by atoms with van der Waals surface area (Å²) in [7, 11) is -4.41. The van der Waals surface area contributed by atoms with Crippen LogP contribution in [0.25, 0.3) is 0 Å². The van der Waals surface area contributed by atoms with Gasteiger partial charge in [-0.15, -0.1) is 0 Å². The van der Waals surface area contributed by atoms with E-state index in [1.807, 2.05) is 0 Å². The van der Waals surface area contributed by atoms with Crippen LogP contribution < -0.4 is 5.73 Å². The van der Waals surface area contributed by atoms with Crippen molar-refractivity contribution < 1.29 is 37.6 Å².